The molecule has 0 fully saturated rings. The largest absolute Gasteiger partial charge is 0.573 e. The van der Waals surface area contributed by atoms with Crippen LogP contribution in [-0.2, 0) is 0 Å². The number of anilines is 3. The van der Waals surface area contributed by atoms with Crippen LogP contribution in [0.15, 0.2) is 34.9 Å². The first-order valence-electron chi connectivity index (χ1n) is 5.25. The van der Waals surface area contributed by atoms with Crippen molar-refractivity contribution in [1.82, 2.24) is 9.97 Å². The molecule has 0 spiro atoms. The van der Waals surface area contributed by atoms with Crippen LogP contribution in [0, 0.1) is 0 Å². The van der Waals surface area contributed by atoms with Crippen molar-refractivity contribution in [2.24, 2.45) is 0 Å². The molecule has 0 amide bonds. The molecule has 0 unspecified atom stereocenters. The number of ether oxygens (including phenoxy) is 1. The van der Waals surface area contributed by atoms with Gasteiger partial charge in [0.25, 0.3) is 0 Å². The molecule has 0 saturated carbocycles. The topological polar surface area (TPSA) is 73.1 Å². The maximum Gasteiger partial charge on any atom is 0.573 e. The zero-order valence-corrected chi connectivity index (χ0v) is 11.4. The standard InChI is InChI=1S/C11H8BrF3N4O/c12-8-5-9(16)19-10(18-8)17-6-2-1-3-7(4-6)20-11(13,14)15/h1-5H,(H3,16,17,18,19). The number of nitrogen functional groups attached to an aromatic ring is 1. The van der Waals surface area contributed by atoms with Gasteiger partial charge in [-0.15, -0.1) is 13.2 Å². The van der Waals surface area contributed by atoms with Gasteiger partial charge in [0, 0.05) is 17.8 Å². The number of halogens is 4. The average Bonchev–Trinajstić information content (AvgIpc) is 2.25. The molecule has 0 bridgehead atoms. The fourth-order valence-corrected chi connectivity index (χ4v) is 1.79. The summed E-state index contributed by atoms with van der Waals surface area (Å²) in [7, 11) is 0. The molecular formula is C11H8BrF3N4O. The van der Waals surface area contributed by atoms with Crippen molar-refractivity contribution in [2.75, 3.05) is 11.1 Å². The minimum Gasteiger partial charge on any atom is -0.406 e. The van der Waals surface area contributed by atoms with Gasteiger partial charge in [0.05, 0.1) is 0 Å². The van der Waals surface area contributed by atoms with Gasteiger partial charge in [0.2, 0.25) is 5.95 Å². The second-order valence-corrected chi connectivity index (χ2v) is 4.45. The summed E-state index contributed by atoms with van der Waals surface area (Å²) in [6, 6.07) is 6.81. The van der Waals surface area contributed by atoms with Crippen LogP contribution in [0.3, 0.4) is 0 Å². The van der Waals surface area contributed by atoms with E-state index in [9.17, 15) is 13.2 Å². The number of nitrogens with two attached hydrogens (primary N) is 1. The Morgan fingerprint density at radius 2 is 1.95 bits per heavy atom. The number of rotatable bonds is 3. The van der Waals surface area contributed by atoms with Gasteiger partial charge in [0.1, 0.15) is 16.2 Å². The van der Waals surface area contributed by atoms with Crippen molar-refractivity contribution in [3.63, 3.8) is 0 Å². The average molecular weight is 349 g/mol. The summed E-state index contributed by atoms with van der Waals surface area (Å²) < 4.78 is 40.6. The van der Waals surface area contributed by atoms with E-state index in [1.54, 1.807) is 6.07 Å². The van der Waals surface area contributed by atoms with Gasteiger partial charge in [-0.1, -0.05) is 6.07 Å². The second-order valence-electron chi connectivity index (χ2n) is 3.64. The molecule has 0 aliphatic carbocycles. The van der Waals surface area contributed by atoms with Gasteiger partial charge < -0.3 is 15.8 Å². The number of hydrogen-bond donors (Lipinski definition) is 2. The highest BCUT2D eigenvalue weighted by molar-refractivity contribution is 9.10. The fourth-order valence-electron chi connectivity index (χ4n) is 1.39. The van der Waals surface area contributed by atoms with E-state index in [-0.39, 0.29) is 17.5 Å². The Labute approximate surface area is 120 Å². The number of nitrogens with zero attached hydrogens (tertiary/aromatic N) is 2. The van der Waals surface area contributed by atoms with Crippen LogP contribution in [0.1, 0.15) is 0 Å². The van der Waals surface area contributed by atoms with Crippen LogP contribution < -0.4 is 15.8 Å². The van der Waals surface area contributed by atoms with Gasteiger partial charge in [-0.25, -0.2) is 4.98 Å². The van der Waals surface area contributed by atoms with E-state index in [1.165, 1.54) is 24.3 Å². The lowest BCUT2D eigenvalue weighted by Gasteiger charge is -2.10. The zero-order chi connectivity index (χ0) is 14.8. The summed E-state index contributed by atoms with van der Waals surface area (Å²) in [5.41, 5.74) is 5.87. The van der Waals surface area contributed by atoms with Gasteiger partial charge in [-0.2, -0.15) is 4.98 Å². The molecule has 20 heavy (non-hydrogen) atoms. The van der Waals surface area contributed by atoms with Crippen LogP contribution in [0.4, 0.5) is 30.6 Å². The third-order valence-electron chi connectivity index (χ3n) is 2.04. The summed E-state index contributed by atoms with van der Waals surface area (Å²) >= 11 is 3.14. The monoisotopic (exact) mass is 348 g/mol. The molecular weight excluding hydrogens is 341 g/mol. The van der Waals surface area contributed by atoms with Crippen molar-refractivity contribution in [1.29, 1.82) is 0 Å². The second kappa shape index (κ2) is 5.53. The van der Waals surface area contributed by atoms with Crippen LogP contribution >= 0.6 is 15.9 Å². The Kier molecular flexibility index (Phi) is 3.98. The van der Waals surface area contributed by atoms with Crippen LogP contribution in [-0.4, -0.2) is 16.3 Å². The van der Waals surface area contributed by atoms with E-state index in [0.29, 0.717) is 10.3 Å². The Hall–Kier alpha value is -2.03. The maximum absolute atomic E-state index is 12.1. The zero-order valence-electron chi connectivity index (χ0n) is 9.78. The molecule has 5 nitrogen and oxygen atoms in total. The number of benzene rings is 1. The van der Waals surface area contributed by atoms with E-state index in [2.05, 4.69) is 36.0 Å². The predicted octanol–water partition coefficient (Wildman–Crippen LogP) is 3.46. The lowest BCUT2D eigenvalue weighted by molar-refractivity contribution is -0.274. The van der Waals surface area contributed by atoms with E-state index < -0.39 is 6.36 Å². The summed E-state index contributed by atoms with van der Waals surface area (Å²) in [5.74, 6) is 0.0311. The molecule has 0 atom stereocenters. The Bertz CT molecular complexity index is 601. The molecule has 1 aromatic carbocycles. The minimum absolute atomic E-state index is 0.154. The SMILES string of the molecule is Nc1cc(Br)nc(Nc2cccc(OC(F)(F)F)c2)n1. The third-order valence-corrected chi connectivity index (χ3v) is 2.44. The van der Waals surface area contributed by atoms with E-state index in [4.69, 9.17) is 5.73 Å². The normalized spacial score (nSPS) is 11.2. The molecule has 0 saturated heterocycles. The lowest BCUT2D eigenvalue weighted by Crippen LogP contribution is -2.17. The number of nitrogens with one attached hydrogen (secondary N) is 1. The predicted molar refractivity (Wildman–Crippen MR) is 70.6 cm³/mol. The van der Waals surface area contributed by atoms with Crippen molar-refractivity contribution < 1.29 is 17.9 Å². The molecule has 0 radical (unpaired) electrons. The van der Waals surface area contributed by atoms with Crippen molar-refractivity contribution >= 4 is 33.4 Å². The third kappa shape index (κ3) is 4.26. The Morgan fingerprint density at radius 3 is 2.60 bits per heavy atom. The Morgan fingerprint density at radius 1 is 1.20 bits per heavy atom. The van der Waals surface area contributed by atoms with E-state index >= 15 is 0 Å². The molecule has 0 aliphatic rings. The van der Waals surface area contributed by atoms with Crippen LogP contribution in [0.25, 0.3) is 0 Å². The summed E-state index contributed by atoms with van der Waals surface area (Å²) in [4.78, 5) is 7.88. The lowest BCUT2D eigenvalue weighted by atomic mass is 10.3. The number of aromatic nitrogens is 2. The first-order valence-corrected chi connectivity index (χ1v) is 6.04. The van der Waals surface area contributed by atoms with Crippen molar-refractivity contribution in [3.8, 4) is 5.75 Å². The highest BCUT2D eigenvalue weighted by atomic mass is 79.9. The minimum atomic E-state index is -4.74. The van der Waals surface area contributed by atoms with Gasteiger partial charge in [0.15, 0.2) is 0 Å². The molecule has 2 aromatic rings. The molecule has 1 heterocycles. The van der Waals surface area contributed by atoms with Crippen LogP contribution in [0.2, 0.25) is 0 Å². The highest BCUT2D eigenvalue weighted by Gasteiger charge is 2.31. The smallest absolute Gasteiger partial charge is 0.406 e. The van der Waals surface area contributed by atoms with Gasteiger partial charge in [-0.3, -0.25) is 0 Å². The molecule has 1 aromatic heterocycles. The van der Waals surface area contributed by atoms with Gasteiger partial charge >= 0.3 is 6.36 Å². The molecule has 3 N–H and O–H groups in total. The van der Waals surface area contributed by atoms with Crippen molar-refractivity contribution in [3.05, 3.63) is 34.9 Å². The first-order chi connectivity index (χ1) is 9.32. The number of alkyl halides is 3. The quantitative estimate of drug-likeness (QED) is 0.831. The summed E-state index contributed by atoms with van der Waals surface area (Å²) in [5, 5.41) is 2.73. The summed E-state index contributed by atoms with van der Waals surface area (Å²) in [6.07, 6.45) is -4.74. The first kappa shape index (κ1) is 14.4. The summed E-state index contributed by atoms with van der Waals surface area (Å²) in [6.45, 7) is 0. The van der Waals surface area contributed by atoms with E-state index in [1.807, 2.05) is 0 Å². The Balaban J connectivity index is 2.19. The van der Waals surface area contributed by atoms with Crippen molar-refractivity contribution in [2.45, 2.75) is 6.36 Å². The maximum atomic E-state index is 12.1. The molecule has 0 aliphatic heterocycles. The fraction of sp³-hybridized carbons (Fsp3) is 0.0909. The molecule has 9 heteroatoms. The number of hydrogen-bond acceptors (Lipinski definition) is 5. The highest BCUT2D eigenvalue weighted by Crippen LogP contribution is 2.26. The molecule has 106 valence electrons. The van der Waals surface area contributed by atoms with E-state index in [0.717, 1.165) is 0 Å². The van der Waals surface area contributed by atoms with Crippen LogP contribution in [0.5, 0.6) is 5.75 Å². The van der Waals surface area contributed by atoms with Gasteiger partial charge in [-0.05, 0) is 28.1 Å². The molecule has 2 rings (SSSR count).